The van der Waals surface area contributed by atoms with Crippen LogP contribution in [0.3, 0.4) is 0 Å². The Bertz CT molecular complexity index is 352. The summed E-state index contributed by atoms with van der Waals surface area (Å²) < 4.78 is 25.7. The molecule has 0 amide bonds. The van der Waals surface area contributed by atoms with E-state index in [-0.39, 0.29) is 5.92 Å². The van der Waals surface area contributed by atoms with E-state index >= 15 is 0 Å². The largest absolute Gasteiger partial charge is 0.326 e. The van der Waals surface area contributed by atoms with Gasteiger partial charge < -0.3 is 5.73 Å². The number of rotatable bonds is 3. The molecule has 0 heterocycles. The van der Waals surface area contributed by atoms with Gasteiger partial charge >= 0.3 is 0 Å². The van der Waals surface area contributed by atoms with E-state index in [9.17, 15) is 8.78 Å². The van der Waals surface area contributed by atoms with Crippen LogP contribution in [-0.2, 0) is 6.54 Å². The standard InChI is InChI=1S/C13H17F2N/c14-13(15)12-6-2-5-11(12)10-4-1-3-9(7-10)8-16/h1,3-4,7,11-13H,2,5-6,8,16H2. The van der Waals surface area contributed by atoms with E-state index in [2.05, 4.69) is 0 Å². The Balaban J connectivity index is 2.22. The molecule has 1 nitrogen and oxygen atoms in total. The first kappa shape index (κ1) is 11.5. The van der Waals surface area contributed by atoms with Crippen LogP contribution < -0.4 is 5.73 Å². The van der Waals surface area contributed by atoms with Crippen molar-refractivity contribution in [3.63, 3.8) is 0 Å². The molecule has 0 bridgehead atoms. The van der Waals surface area contributed by atoms with Crippen molar-refractivity contribution < 1.29 is 8.78 Å². The van der Waals surface area contributed by atoms with Crippen LogP contribution in [0.1, 0.15) is 36.3 Å². The Morgan fingerprint density at radius 2 is 2.12 bits per heavy atom. The number of halogens is 2. The summed E-state index contributed by atoms with van der Waals surface area (Å²) in [5, 5.41) is 0. The van der Waals surface area contributed by atoms with Crippen molar-refractivity contribution in [3.8, 4) is 0 Å². The second kappa shape index (κ2) is 4.91. The van der Waals surface area contributed by atoms with Crippen molar-refractivity contribution in [3.05, 3.63) is 35.4 Å². The van der Waals surface area contributed by atoms with Gasteiger partial charge in [0, 0.05) is 12.5 Å². The van der Waals surface area contributed by atoms with Crippen molar-refractivity contribution in [2.24, 2.45) is 11.7 Å². The van der Waals surface area contributed by atoms with Gasteiger partial charge in [0.05, 0.1) is 0 Å². The molecular weight excluding hydrogens is 208 g/mol. The summed E-state index contributed by atoms with van der Waals surface area (Å²) in [5.74, 6) is -0.445. The van der Waals surface area contributed by atoms with E-state index in [0.29, 0.717) is 13.0 Å². The average molecular weight is 225 g/mol. The van der Waals surface area contributed by atoms with Gasteiger partial charge in [0.25, 0.3) is 0 Å². The molecule has 1 fully saturated rings. The maximum absolute atomic E-state index is 12.8. The minimum atomic E-state index is -2.20. The SMILES string of the molecule is NCc1cccc(C2CCCC2C(F)F)c1. The van der Waals surface area contributed by atoms with Crippen LogP contribution in [0.2, 0.25) is 0 Å². The smallest absolute Gasteiger partial charge is 0.242 e. The van der Waals surface area contributed by atoms with Gasteiger partial charge in [-0.05, 0) is 29.9 Å². The number of alkyl halides is 2. The minimum absolute atomic E-state index is 0.0199. The molecule has 1 aliphatic carbocycles. The first-order chi connectivity index (χ1) is 7.72. The number of hydrogen-bond acceptors (Lipinski definition) is 1. The molecule has 1 aromatic carbocycles. The van der Waals surface area contributed by atoms with Gasteiger partial charge in [0.1, 0.15) is 0 Å². The van der Waals surface area contributed by atoms with Gasteiger partial charge in [-0.3, -0.25) is 0 Å². The van der Waals surface area contributed by atoms with E-state index in [1.165, 1.54) is 0 Å². The Hall–Kier alpha value is -0.960. The molecule has 0 radical (unpaired) electrons. The van der Waals surface area contributed by atoms with Gasteiger partial charge in [-0.25, -0.2) is 8.78 Å². The third-order valence-electron chi connectivity index (χ3n) is 3.51. The van der Waals surface area contributed by atoms with Crippen LogP contribution >= 0.6 is 0 Å². The van der Waals surface area contributed by atoms with Crippen LogP contribution in [0.5, 0.6) is 0 Å². The van der Waals surface area contributed by atoms with Crippen molar-refractivity contribution in [2.45, 2.75) is 38.2 Å². The molecule has 2 N–H and O–H groups in total. The molecule has 3 heteroatoms. The second-order valence-corrected chi connectivity index (χ2v) is 4.48. The summed E-state index contributed by atoms with van der Waals surface area (Å²) in [5.41, 5.74) is 7.62. The van der Waals surface area contributed by atoms with Crippen molar-refractivity contribution in [1.82, 2.24) is 0 Å². The molecule has 0 aliphatic heterocycles. The van der Waals surface area contributed by atoms with E-state index in [1.54, 1.807) is 0 Å². The highest BCUT2D eigenvalue weighted by molar-refractivity contribution is 5.27. The fourth-order valence-corrected chi connectivity index (χ4v) is 2.65. The zero-order chi connectivity index (χ0) is 11.5. The zero-order valence-electron chi connectivity index (χ0n) is 9.20. The number of benzene rings is 1. The van der Waals surface area contributed by atoms with Crippen molar-refractivity contribution in [1.29, 1.82) is 0 Å². The van der Waals surface area contributed by atoms with E-state index in [1.807, 2.05) is 24.3 Å². The molecule has 0 spiro atoms. The molecular formula is C13H17F2N. The normalized spacial score (nSPS) is 25.2. The molecule has 0 aromatic heterocycles. The molecule has 1 aromatic rings. The molecule has 1 saturated carbocycles. The van der Waals surface area contributed by atoms with Gasteiger partial charge in [-0.15, -0.1) is 0 Å². The molecule has 0 saturated heterocycles. The lowest BCUT2D eigenvalue weighted by atomic mass is 9.88. The Morgan fingerprint density at radius 3 is 2.81 bits per heavy atom. The third-order valence-corrected chi connectivity index (χ3v) is 3.51. The Labute approximate surface area is 94.7 Å². The molecule has 2 atom stereocenters. The highest BCUT2D eigenvalue weighted by Gasteiger charge is 2.34. The van der Waals surface area contributed by atoms with E-state index in [4.69, 9.17) is 5.73 Å². The summed E-state index contributed by atoms with van der Waals surface area (Å²) in [6, 6.07) is 7.78. The van der Waals surface area contributed by atoms with Gasteiger partial charge in [0.15, 0.2) is 0 Å². The monoisotopic (exact) mass is 225 g/mol. The zero-order valence-corrected chi connectivity index (χ0v) is 9.20. The molecule has 2 unspecified atom stereocenters. The first-order valence-electron chi connectivity index (χ1n) is 5.79. The van der Waals surface area contributed by atoms with Crippen molar-refractivity contribution >= 4 is 0 Å². The predicted octanol–water partition coefficient (Wildman–Crippen LogP) is 3.29. The minimum Gasteiger partial charge on any atom is -0.326 e. The van der Waals surface area contributed by atoms with Crippen LogP contribution in [0.15, 0.2) is 24.3 Å². The Kier molecular flexibility index (Phi) is 3.54. The predicted molar refractivity (Wildman–Crippen MR) is 60.4 cm³/mol. The van der Waals surface area contributed by atoms with Gasteiger partial charge in [-0.2, -0.15) is 0 Å². The summed E-state index contributed by atoms with van der Waals surface area (Å²) in [4.78, 5) is 0. The highest BCUT2D eigenvalue weighted by atomic mass is 19.3. The molecule has 2 rings (SSSR count). The quantitative estimate of drug-likeness (QED) is 0.839. The van der Waals surface area contributed by atoms with Crippen LogP contribution in [0, 0.1) is 5.92 Å². The number of nitrogens with two attached hydrogens (primary N) is 1. The molecule has 16 heavy (non-hydrogen) atoms. The Morgan fingerprint density at radius 1 is 1.31 bits per heavy atom. The van der Waals surface area contributed by atoms with Gasteiger partial charge in [0.2, 0.25) is 6.43 Å². The van der Waals surface area contributed by atoms with Crippen LogP contribution in [-0.4, -0.2) is 6.43 Å². The summed E-state index contributed by atoms with van der Waals surface area (Å²) >= 11 is 0. The highest BCUT2D eigenvalue weighted by Crippen LogP contribution is 2.42. The van der Waals surface area contributed by atoms with Crippen molar-refractivity contribution in [2.75, 3.05) is 0 Å². The summed E-state index contributed by atoms with van der Waals surface area (Å²) in [7, 11) is 0. The van der Waals surface area contributed by atoms with Crippen LogP contribution in [0.25, 0.3) is 0 Å². The fourth-order valence-electron chi connectivity index (χ4n) is 2.65. The average Bonchev–Trinajstić information content (AvgIpc) is 2.78. The topological polar surface area (TPSA) is 26.0 Å². The maximum Gasteiger partial charge on any atom is 0.242 e. The fraction of sp³-hybridized carbons (Fsp3) is 0.538. The molecule has 88 valence electrons. The summed E-state index contributed by atoms with van der Waals surface area (Å²) in [6.07, 6.45) is 0.235. The molecule has 1 aliphatic rings. The second-order valence-electron chi connectivity index (χ2n) is 4.48. The van der Waals surface area contributed by atoms with E-state index in [0.717, 1.165) is 24.0 Å². The first-order valence-corrected chi connectivity index (χ1v) is 5.79. The maximum atomic E-state index is 12.8. The summed E-state index contributed by atoms with van der Waals surface area (Å²) in [6.45, 7) is 0.472. The lowest BCUT2D eigenvalue weighted by Gasteiger charge is -2.19. The lowest BCUT2D eigenvalue weighted by molar-refractivity contribution is 0.0717. The lowest BCUT2D eigenvalue weighted by Crippen LogP contribution is -2.15. The van der Waals surface area contributed by atoms with E-state index < -0.39 is 12.3 Å². The third kappa shape index (κ3) is 2.24. The van der Waals surface area contributed by atoms with Gasteiger partial charge in [-0.1, -0.05) is 30.7 Å². The number of hydrogen-bond donors (Lipinski definition) is 1. The van der Waals surface area contributed by atoms with Crippen LogP contribution in [0.4, 0.5) is 8.78 Å².